The van der Waals surface area contributed by atoms with Gasteiger partial charge in [-0.15, -0.1) is 0 Å². The Bertz CT molecular complexity index is 870. The first-order chi connectivity index (χ1) is 15.9. The van der Waals surface area contributed by atoms with E-state index in [9.17, 15) is 27.6 Å². The Kier molecular flexibility index (Phi) is 8.51. The molecule has 0 bridgehead atoms. The van der Waals surface area contributed by atoms with Crippen molar-refractivity contribution >= 4 is 23.9 Å². The number of hydrogen-bond acceptors (Lipinski definition) is 5. The van der Waals surface area contributed by atoms with E-state index in [0.29, 0.717) is 5.69 Å². The van der Waals surface area contributed by atoms with Crippen LogP contribution in [0.5, 0.6) is 0 Å². The Morgan fingerprint density at radius 3 is 1.60 bits per heavy atom. The summed E-state index contributed by atoms with van der Waals surface area (Å²) < 4.78 is 48.5. The van der Waals surface area contributed by atoms with Gasteiger partial charge in [0.1, 0.15) is 11.2 Å². The molecule has 196 valence electrons. The molecule has 12 heteroatoms. The van der Waals surface area contributed by atoms with Crippen LogP contribution in [0.3, 0.4) is 0 Å². The number of hydrazine groups is 1. The molecule has 0 spiro atoms. The quantitative estimate of drug-likeness (QED) is 0.613. The third-order valence-corrected chi connectivity index (χ3v) is 4.56. The molecule has 1 N–H and O–H groups in total. The highest BCUT2D eigenvalue weighted by molar-refractivity contribution is 5.89. The van der Waals surface area contributed by atoms with Crippen LogP contribution in [0.2, 0.25) is 0 Å². The monoisotopic (exact) mass is 502 g/mol. The molecule has 1 aromatic carbocycles. The van der Waals surface area contributed by atoms with Gasteiger partial charge in [-0.3, -0.25) is 0 Å². The summed E-state index contributed by atoms with van der Waals surface area (Å²) in [6.07, 6.45) is -6.90. The Morgan fingerprint density at radius 2 is 1.23 bits per heavy atom. The first kappa shape index (κ1) is 28.1. The Morgan fingerprint density at radius 1 is 0.800 bits per heavy atom. The highest BCUT2D eigenvalue weighted by atomic mass is 19.4. The van der Waals surface area contributed by atoms with Crippen molar-refractivity contribution in [2.45, 2.75) is 65.3 Å². The normalized spacial score (nSPS) is 15.4. The van der Waals surface area contributed by atoms with E-state index < -0.39 is 42.0 Å². The smallest absolute Gasteiger partial charge is 0.429 e. The molecule has 0 radical (unpaired) electrons. The van der Waals surface area contributed by atoms with Crippen LogP contribution in [0, 0.1) is 0 Å². The van der Waals surface area contributed by atoms with Gasteiger partial charge in [0.2, 0.25) is 0 Å². The van der Waals surface area contributed by atoms with Crippen molar-refractivity contribution in [3.63, 3.8) is 0 Å². The Hall–Kier alpha value is -3.18. The van der Waals surface area contributed by atoms with E-state index in [2.05, 4.69) is 5.32 Å². The average Bonchev–Trinajstić information content (AvgIpc) is 2.89. The van der Waals surface area contributed by atoms with Gasteiger partial charge >= 0.3 is 24.4 Å². The SMILES string of the molecule is CC(C)(C)OC(=O)N1CCN(C(=O)Nc2ccc(CC(F)(F)F)cc2)CCN1C(=O)OC(C)(C)C. The van der Waals surface area contributed by atoms with E-state index in [0.717, 1.165) is 10.0 Å². The molecule has 0 saturated carbocycles. The number of amides is 4. The number of anilines is 1. The number of urea groups is 1. The van der Waals surface area contributed by atoms with E-state index >= 15 is 0 Å². The summed E-state index contributed by atoms with van der Waals surface area (Å²) in [7, 11) is 0. The molecule has 1 aromatic rings. The number of carbonyl (C=O) groups excluding carboxylic acids is 3. The van der Waals surface area contributed by atoms with Crippen molar-refractivity contribution in [3.05, 3.63) is 29.8 Å². The second-order valence-corrected chi connectivity index (χ2v) is 10.1. The van der Waals surface area contributed by atoms with Crippen molar-refractivity contribution in [2.75, 3.05) is 31.5 Å². The van der Waals surface area contributed by atoms with Crippen LogP contribution >= 0.6 is 0 Å². The van der Waals surface area contributed by atoms with Gasteiger partial charge < -0.3 is 19.7 Å². The number of nitrogens with one attached hydrogen (secondary N) is 1. The van der Waals surface area contributed by atoms with Crippen molar-refractivity contribution in [2.24, 2.45) is 0 Å². The average molecular weight is 503 g/mol. The molecule has 9 nitrogen and oxygen atoms in total. The van der Waals surface area contributed by atoms with Gasteiger partial charge in [0.25, 0.3) is 0 Å². The van der Waals surface area contributed by atoms with Gasteiger partial charge in [-0.05, 0) is 59.2 Å². The van der Waals surface area contributed by atoms with Crippen LogP contribution in [0.1, 0.15) is 47.1 Å². The zero-order valence-electron chi connectivity index (χ0n) is 20.9. The minimum absolute atomic E-state index is 0.0356. The molecule has 0 aliphatic carbocycles. The summed E-state index contributed by atoms with van der Waals surface area (Å²) in [6, 6.07) is 4.83. The molecule has 4 amide bonds. The van der Waals surface area contributed by atoms with Gasteiger partial charge in [-0.1, -0.05) is 12.1 Å². The molecule has 0 unspecified atom stereocenters. The van der Waals surface area contributed by atoms with Crippen LogP contribution in [0.15, 0.2) is 24.3 Å². The minimum Gasteiger partial charge on any atom is -0.442 e. The van der Waals surface area contributed by atoms with E-state index in [1.165, 1.54) is 29.2 Å². The molecule has 1 saturated heterocycles. The van der Waals surface area contributed by atoms with Crippen molar-refractivity contribution in [1.82, 2.24) is 14.9 Å². The van der Waals surface area contributed by atoms with Gasteiger partial charge in [-0.2, -0.15) is 13.2 Å². The van der Waals surface area contributed by atoms with Crippen LogP contribution in [0.25, 0.3) is 0 Å². The Labute approximate surface area is 203 Å². The summed E-state index contributed by atoms with van der Waals surface area (Å²) in [4.78, 5) is 39.8. The lowest BCUT2D eigenvalue weighted by atomic mass is 10.1. The van der Waals surface area contributed by atoms with E-state index in [4.69, 9.17) is 9.47 Å². The predicted molar refractivity (Wildman–Crippen MR) is 123 cm³/mol. The number of hydrogen-bond donors (Lipinski definition) is 1. The number of halogens is 3. The lowest BCUT2D eigenvalue weighted by molar-refractivity contribution is -0.127. The molecule has 1 heterocycles. The second-order valence-electron chi connectivity index (χ2n) is 10.1. The first-order valence-electron chi connectivity index (χ1n) is 11.2. The highest BCUT2D eigenvalue weighted by Gasteiger charge is 2.36. The maximum atomic E-state index is 12.8. The summed E-state index contributed by atoms with van der Waals surface area (Å²) in [5.74, 6) is 0. The molecule has 0 atom stereocenters. The zero-order chi connectivity index (χ0) is 26.6. The van der Waals surface area contributed by atoms with Gasteiger partial charge in [-0.25, -0.2) is 24.4 Å². The van der Waals surface area contributed by atoms with Crippen LogP contribution in [0.4, 0.5) is 33.2 Å². The fraction of sp³-hybridized carbons (Fsp3) is 0.609. The molecule has 1 aliphatic rings. The van der Waals surface area contributed by atoms with Gasteiger partial charge in [0.05, 0.1) is 19.5 Å². The lowest BCUT2D eigenvalue weighted by Gasteiger charge is -2.35. The summed E-state index contributed by atoms with van der Waals surface area (Å²) >= 11 is 0. The largest absolute Gasteiger partial charge is 0.442 e. The van der Waals surface area contributed by atoms with Gasteiger partial charge in [0.15, 0.2) is 0 Å². The number of ether oxygens (including phenoxy) is 2. The third kappa shape index (κ3) is 9.53. The highest BCUT2D eigenvalue weighted by Crippen LogP contribution is 2.23. The summed E-state index contributed by atoms with van der Waals surface area (Å²) in [5, 5.41) is 4.85. The molecule has 1 aliphatic heterocycles. The lowest BCUT2D eigenvalue weighted by Crippen LogP contribution is -2.53. The fourth-order valence-electron chi connectivity index (χ4n) is 3.14. The zero-order valence-corrected chi connectivity index (χ0v) is 20.9. The van der Waals surface area contributed by atoms with Crippen molar-refractivity contribution in [1.29, 1.82) is 0 Å². The topological polar surface area (TPSA) is 91.4 Å². The van der Waals surface area contributed by atoms with Crippen LogP contribution in [-0.2, 0) is 15.9 Å². The number of nitrogens with zero attached hydrogens (tertiary/aromatic N) is 3. The van der Waals surface area contributed by atoms with E-state index in [1.807, 2.05) is 0 Å². The molecule has 1 fully saturated rings. The second kappa shape index (κ2) is 10.6. The molecular formula is C23H33F3N4O5. The summed E-state index contributed by atoms with van der Waals surface area (Å²) in [6.45, 7) is 10.3. The van der Waals surface area contributed by atoms with E-state index in [-0.39, 0.29) is 31.7 Å². The third-order valence-electron chi connectivity index (χ3n) is 4.56. The van der Waals surface area contributed by atoms with Crippen LogP contribution < -0.4 is 5.32 Å². The molecule has 35 heavy (non-hydrogen) atoms. The predicted octanol–water partition coefficient (Wildman–Crippen LogP) is 5.03. The Balaban J connectivity index is 2.12. The molecular weight excluding hydrogens is 469 g/mol. The van der Waals surface area contributed by atoms with Crippen molar-refractivity contribution in [3.8, 4) is 0 Å². The van der Waals surface area contributed by atoms with Crippen molar-refractivity contribution < 1.29 is 37.0 Å². The minimum atomic E-state index is -4.32. The van der Waals surface area contributed by atoms with Gasteiger partial charge in [0, 0.05) is 18.8 Å². The first-order valence-corrected chi connectivity index (χ1v) is 11.2. The standard InChI is InChI=1S/C23H33F3N4O5/c1-21(2,3)34-19(32)29-13-11-28(12-14-30(29)20(33)35-22(4,5)6)18(31)27-17-9-7-16(8-10-17)15-23(24,25)26/h7-10H,11-15H2,1-6H3,(H,27,31). The van der Waals surface area contributed by atoms with Crippen LogP contribution in [-0.4, -0.2) is 76.7 Å². The maximum absolute atomic E-state index is 12.8. The maximum Gasteiger partial charge on any atom is 0.429 e. The fourth-order valence-corrected chi connectivity index (χ4v) is 3.14. The van der Waals surface area contributed by atoms with E-state index in [1.54, 1.807) is 41.5 Å². The number of rotatable bonds is 2. The number of carbonyl (C=O) groups is 3. The molecule has 0 aromatic heterocycles. The molecule has 2 rings (SSSR count). The summed E-state index contributed by atoms with van der Waals surface area (Å²) in [5.41, 5.74) is -1.22. The number of benzene rings is 1. The number of alkyl halides is 3.